The average Bonchev–Trinajstić information content (AvgIpc) is 3.47. The molecular formula is C33H30ClN5OS. The molecule has 5 aromatic rings. The number of carbonyl (C=O) groups is 1. The van der Waals surface area contributed by atoms with Crippen molar-refractivity contribution in [1.29, 1.82) is 0 Å². The molecule has 1 fully saturated rings. The lowest BCUT2D eigenvalue weighted by molar-refractivity contribution is -0.116. The lowest BCUT2D eigenvalue weighted by Crippen LogP contribution is -2.33. The quantitative estimate of drug-likeness (QED) is 0.198. The van der Waals surface area contributed by atoms with Crippen LogP contribution in [0.4, 0.5) is 5.69 Å². The Balaban J connectivity index is 1.32. The Labute approximate surface area is 250 Å². The van der Waals surface area contributed by atoms with Crippen molar-refractivity contribution < 1.29 is 4.79 Å². The molecule has 1 aliphatic heterocycles. The summed E-state index contributed by atoms with van der Waals surface area (Å²) < 4.78 is 2.18. The zero-order chi connectivity index (χ0) is 28.5. The molecule has 2 N–H and O–H groups in total. The van der Waals surface area contributed by atoms with Crippen LogP contribution in [-0.2, 0) is 4.79 Å². The van der Waals surface area contributed by atoms with Crippen molar-refractivity contribution in [2.45, 2.75) is 32.4 Å². The number of aromatic nitrogens is 2. The number of aryl methyl sites for hydroxylation is 1. The van der Waals surface area contributed by atoms with E-state index < -0.39 is 0 Å². The molecule has 0 saturated carbocycles. The summed E-state index contributed by atoms with van der Waals surface area (Å²) in [7, 11) is 0. The van der Waals surface area contributed by atoms with Crippen LogP contribution in [-0.4, -0.2) is 32.0 Å². The Morgan fingerprint density at radius 3 is 2.56 bits per heavy atom. The fraction of sp³-hybridized carbons (Fsp3) is 0.182. The second kappa shape index (κ2) is 11.4. The number of benzene rings is 3. The highest BCUT2D eigenvalue weighted by molar-refractivity contribution is 7.80. The van der Waals surface area contributed by atoms with Crippen LogP contribution in [0.1, 0.15) is 41.1 Å². The largest absolute Gasteiger partial charge is 0.352 e. The van der Waals surface area contributed by atoms with Gasteiger partial charge in [-0.1, -0.05) is 66.2 Å². The van der Waals surface area contributed by atoms with Gasteiger partial charge in [-0.25, -0.2) is 0 Å². The van der Waals surface area contributed by atoms with Gasteiger partial charge in [0.1, 0.15) is 0 Å². The predicted molar refractivity (Wildman–Crippen MR) is 170 cm³/mol. The topological polar surface area (TPSA) is 62.2 Å². The number of amides is 1. The van der Waals surface area contributed by atoms with Crippen molar-refractivity contribution in [3.05, 3.63) is 125 Å². The number of hydrogen-bond donors (Lipinski definition) is 2. The van der Waals surface area contributed by atoms with E-state index in [1.807, 2.05) is 84.9 Å². The van der Waals surface area contributed by atoms with Crippen molar-refractivity contribution in [2.75, 3.05) is 11.9 Å². The van der Waals surface area contributed by atoms with E-state index in [2.05, 4.69) is 45.0 Å². The molecule has 1 amide bonds. The molecule has 2 atom stereocenters. The molecule has 1 saturated heterocycles. The first-order valence-corrected chi connectivity index (χ1v) is 14.4. The van der Waals surface area contributed by atoms with Crippen LogP contribution in [0.3, 0.4) is 0 Å². The van der Waals surface area contributed by atoms with E-state index >= 15 is 0 Å². The summed E-state index contributed by atoms with van der Waals surface area (Å²) in [4.78, 5) is 20.0. The molecule has 6 rings (SSSR count). The number of hydrogen-bond acceptors (Lipinski definition) is 3. The van der Waals surface area contributed by atoms with Gasteiger partial charge in [-0.05, 0) is 73.4 Å². The first-order valence-electron chi connectivity index (χ1n) is 13.6. The summed E-state index contributed by atoms with van der Waals surface area (Å²) in [5.41, 5.74) is 5.88. The van der Waals surface area contributed by atoms with E-state index in [1.165, 1.54) is 0 Å². The van der Waals surface area contributed by atoms with Gasteiger partial charge in [0.15, 0.2) is 5.11 Å². The third-order valence-corrected chi connectivity index (χ3v) is 8.40. The Bertz CT molecular complexity index is 1750. The zero-order valence-electron chi connectivity index (χ0n) is 22.8. The van der Waals surface area contributed by atoms with E-state index in [4.69, 9.17) is 23.8 Å². The van der Waals surface area contributed by atoms with E-state index in [1.54, 1.807) is 6.20 Å². The van der Waals surface area contributed by atoms with Crippen molar-refractivity contribution >= 4 is 51.3 Å². The van der Waals surface area contributed by atoms with Gasteiger partial charge in [0.05, 0.1) is 28.5 Å². The summed E-state index contributed by atoms with van der Waals surface area (Å²) in [6, 6.07) is 29.6. The highest BCUT2D eigenvalue weighted by Gasteiger charge is 2.41. The number of nitrogens with zero attached hydrogens (tertiary/aromatic N) is 3. The van der Waals surface area contributed by atoms with Gasteiger partial charge in [-0.2, -0.15) is 0 Å². The molecule has 6 nitrogen and oxygen atoms in total. The monoisotopic (exact) mass is 579 g/mol. The molecule has 206 valence electrons. The number of thiocarbonyl (C=S) groups is 1. The molecule has 1 aliphatic rings. The number of pyridine rings is 1. The summed E-state index contributed by atoms with van der Waals surface area (Å²) >= 11 is 12.5. The highest BCUT2D eigenvalue weighted by atomic mass is 35.5. The Hall–Kier alpha value is -4.20. The minimum atomic E-state index is -0.176. The molecule has 0 bridgehead atoms. The second-order valence-corrected chi connectivity index (χ2v) is 11.1. The molecule has 3 aromatic carbocycles. The SMILES string of the molecule is Cc1cc([C@@H]2[C@@H](c3ccccn3)NC(=S)N2CCC(=O)Nc2cccc3ccccc23)c(C)n1-c1ccccc1Cl. The van der Waals surface area contributed by atoms with Gasteiger partial charge in [0.25, 0.3) is 0 Å². The molecular weight excluding hydrogens is 550 g/mol. The first-order chi connectivity index (χ1) is 19.9. The molecule has 41 heavy (non-hydrogen) atoms. The van der Waals surface area contributed by atoms with Crippen molar-refractivity contribution in [3.8, 4) is 5.69 Å². The zero-order valence-corrected chi connectivity index (χ0v) is 24.4. The number of carbonyl (C=O) groups excluding carboxylic acids is 1. The van der Waals surface area contributed by atoms with E-state index in [0.29, 0.717) is 16.7 Å². The standard InChI is InChI=1S/C33H30ClN5OS/c1-21-20-25(22(2)39(21)29-16-6-5-13-26(29)34)32-31(28-14-7-8-18-35-28)37-33(41)38(32)19-17-30(40)36-27-15-9-11-23-10-3-4-12-24(23)27/h3-16,18,20,31-32H,17,19H2,1-2H3,(H,36,40)(H,37,41)/t31-,32-/m1/s1. The predicted octanol–water partition coefficient (Wildman–Crippen LogP) is 7.30. The van der Waals surface area contributed by atoms with Crippen LogP contribution >= 0.6 is 23.8 Å². The third kappa shape index (κ3) is 5.19. The lowest BCUT2D eigenvalue weighted by Gasteiger charge is -2.28. The fourth-order valence-electron chi connectivity index (χ4n) is 5.84. The Kier molecular flexibility index (Phi) is 7.47. The second-order valence-electron chi connectivity index (χ2n) is 10.3. The van der Waals surface area contributed by atoms with Gasteiger partial charge < -0.3 is 20.1 Å². The summed E-state index contributed by atoms with van der Waals surface area (Å²) in [5.74, 6) is -0.0641. The van der Waals surface area contributed by atoms with Crippen LogP contribution in [0.15, 0.2) is 97.2 Å². The average molecular weight is 580 g/mol. The van der Waals surface area contributed by atoms with Crippen molar-refractivity contribution in [3.63, 3.8) is 0 Å². The number of halogens is 1. The van der Waals surface area contributed by atoms with Crippen LogP contribution in [0.25, 0.3) is 16.5 Å². The van der Waals surface area contributed by atoms with E-state index in [0.717, 1.165) is 44.8 Å². The summed E-state index contributed by atoms with van der Waals surface area (Å²) in [6.07, 6.45) is 2.07. The number of anilines is 1. The summed E-state index contributed by atoms with van der Waals surface area (Å²) in [6.45, 7) is 4.64. The highest BCUT2D eigenvalue weighted by Crippen LogP contribution is 2.42. The molecule has 8 heteroatoms. The first kappa shape index (κ1) is 27.0. The maximum atomic E-state index is 13.2. The molecule has 0 aliphatic carbocycles. The van der Waals surface area contributed by atoms with E-state index in [9.17, 15) is 4.79 Å². The van der Waals surface area contributed by atoms with Crippen molar-refractivity contribution in [2.24, 2.45) is 0 Å². The molecule has 2 aromatic heterocycles. The molecule has 3 heterocycles. The fourth-order valence-corrected chi connectivity index (χ4v) is 6.40. The van der Waals surface area contributed by atoms with E-state index in [-0.39, 0.29) is 24.4 Å². The normalized spacial score (nSPS) is 16.7. The van der Waals surface area contributed by atoms with Crippen LogP contribution in [0.2, 0.25) is 5.02 Å². The molecule has 0 spiro atoms. The van der Waals surface area contributed by atoms with Gasteiger partial charge in [0.2, 0.25) is 5.91 Å². The van der Waals surface area contributed by atoms with Crippen LogP contribution in [0.5, 0.6) is 0 Å². The Morgan fingerprint density at radius 1 is 1.00 bits per heavy atom. The summed E-state index contributed by atoms with van der Waals surface area (Å²) in [5, 5.41) is 10.0. The molecule has 0 radical (unpaired) electrons. The minimum Gasteiger partial charge on any atom is -0.352 e. The maximum Gasteiger partial charge on any atom is 0.226 e. The molecule has 0 unspecified atom stereocenters. The van der Waals surface area contributed by atoms with Crippen molar-refractivity contribution in [1.82, 2.24) is 19.8 Å². The number of fused-ring (bicyclic) bond motifs is 1. The Morgan fingerprint density at radius 2 is 1.76 bits per heavy atom. The number of para-hydroxylation sites is 1. The van der Waals surface area contributed by atoms with Crippen LogP contribution in [0, 0.1) is 13.8 Å². The van der Waals surface area contributed by atoms with Gasteiger partial charge >= 0.3 is 0 Å². The number of rotatable bonds is 7. The lowest BCUT2D eigenvalue weighted by atomic mass is 9.96. The third-order valence-electron chi connectivity index (χ3n) is 7.72. The minimum absolute atomic E-state index is 0.0641. The van der Waals surface area contributed by atoms with Crippen LogP contribution < -0.4 is 10.6 Å². The number of nitrogens with one attached hydrogen (secondary N) is 2. The maximum absolute atomic E-state index is 13.2. The van der Waals surface area contributed by atoms with Gasteiger partial charge in [-0.15, -0.1) is 0 Å². The van der Waals surface area contributed by atoms with Gasteiger partial charge in [-0.3, -0.25) is 9.78 Å². The van der Waals surface area contributed by atoms with Gasteiger partial charge in [0, 0.05) is 41.6 Å². The smallest absolute Gasteiger partial charge is 0.226 e.